The van der Waals surface area contributed by atoms with Gasteiger partial charge in [0.15, 0.2) is 0 Å². The number of aliphatic hydroxyl groups excluding tert-OH is 1. The molecule has 3 unspecified atom stereocenters. The number of carboxylic acids is 1. The molecule has 0 spiro atoms. The molecule has 0 radical (unpaired) electrons. The van der Waals surface area contributed by atoms with E-state index in [1.807, 2.05) is 0 Å². The van der Waals surface area contributed by atoms with E-state index in [9.17, 15) is 19.5 Å². The molecule has 0 aliphatic carbocycles. The molecule has 1 saturated heterocycles. The lowest BCUT2D eigenvalue weighted by molar-refractivity contribution is -0.155. The van der Waals surface area contributed by atoms with E-state index in [1.54, 1.807) is 20.8 Å². The minimum absolute atomic E-state index is 0.0186. The number of ether oxygens (including phenoxy) is 1. The number of nitrogens with zero attached hydrogens (tertiary/aromatic N) is 1. The Hall–Kier alpha value is -1.63. The van der Waals surface area contributed by atoms with Crippen LogP contribution >= 0.6 is 0 Å². The summed E-state index contributed by atoms with van der Waals surface area (Å²) < 4.78 is 4.65. The van der Waals surface area contributed by atoms with Crippen molar-refractivity contribution >= 4 is 17.8 Å². The van der Waals surface area contributed by atoms with Crippen LogP contribution < -0.4 is 0 Å². The van der Waals surface area contributed by atoms with Gasteiger partial charge in [0.05, 0.1) is 25.6 Å². The molecule has 3 atom stereocenters. The van der Waals surface area contributed by atoms with Gasteiger partial charge in [-0.3, -0.25) is 9.59 Å². The zero-order valence-electron chi connectivity index (χ0n) is 12.8. The molecule has 7 heteroatoms. The van der Waals surface area contributed by atoms with Crippen LogP contribution in [0.2, 0.25) is 0 Å². The van der Waals surface area contributed by atoms with E-state index >= 15 is 0 Å². The molecule has 2 N–H and O–H groups in total. The molecule has 7 nitrogen and oxygen atoms in total. The average Bonchev–Trinajstić information content (AvgIpc) is 2.74. The second kappa shape index (κ2) is 6.43. The van der Waals surface area contributed by atoms with E-state index < -0.39 is 41.3 Å². The van der Waals surface area contributed by atoms with Crippen molar-refractivity contribution in [1.29, 1.82) is 0 Å². The van der Waals surface area contributed by atoms with E-state index in [4.69, 9.17) is 5.11 Å². The number of rotatable bonds is 4. The van der Waals surface area contributed by atoms with Gasteiger partial charge in [0, 0.05) is 13.0 Å². The number of carboxylic acid groups (broad SMARTS) is 1. The number of hydrogen-bond donors (Lipinski definition) is 2. The lowest BCUT2D eigenvalue weighted by Gasteiger charge is -2.33. The summed E-state index contributed by atoms with van der Waals surface area (Å²) in [5, 5.41) is 18.7. The fraction of sp³-hybridized carbons (Fsp3) is 0.786. The van der Waals surface area contributed by atoms with Crippen molar-refractivity contribution in [2.45, 2.75) is 45.8 Å². The van der Waals surface area contributed by atoms with Crippen molar-refractivity contribution < 1.29 is 29.3 Å². The van der Waals surface area contributed by atoms with Gasteiger partial charge in [-0.25, -0.2) is 4.79 Å². The Bertz CT molecular complexity index is 428. The maximum absolute atomic E-state index is 12.6. The number of esters is 1. The predicted molar refractivity (Wildman–Crippen MR) is 73.3 cm³/mol. The molecule has 0 aromatic heterocycles. The molecule has 120 valence electrons. The fourth-order valence-electron chi connectivity index (χ4n) is 2.56. The monoisotopic (exact) mass is 301 g/mol. The molecule has 0 saturated carbocycles. The highest BCUT2D eigenvalue weighted by Gasteiger charge is 2.44. The number of carbonyl (C=O) groups is 3. The number of β-amino-alcohol motifs (C(OH)–C–C–N with tert-alkyl or cyclic N) is 1. The van der Waals surface area contributed by atoms with Crippen LogP contribution in [0.5, 0.6) is 0 Å². The van der Waals surface area contributed by atoms with Crippen LogP contribution in [0.4, 0.5) is 0 Å². The Morgan fingerprint density at radius 3 is 2.33 bits per heavy atom. The maximum atomic E-state index is 12.6. The molecule has 0 bridgehead atoms. The summed E-state index contributed by atoms with van der Waals surface area (Å²) >= 11 is 0. The second-order valence-electron chi connectivity index (χ2n) is 6.44. The number of likely N-dealkylation sites (tertiary alicyclic amines) is 1. The van der Waals surface area contributed by atoms with Gasteiger partial charge in [-0.1, -0.05) is 20.8 Å². The largest absolute Gasteiger partial charge is 0.481 e. The van der Waals surface area contributed by atoms with Gasteiger partial charge in [-0.2, -0.15) is 0 Å². The van der Waals surface area contributed by atoms with Crippen molar-refractivity contribution in [3.63, 3.8) is 0 Å². The number of amides is 1. The lowest BCUT2D eigenvalue weighted by atomic mass is 9.77. The Kier molecular flexibility index (Phi) is 5.33. The summed E-state index contributed by atoms with van der Waals surface area (Å²) in [5.41, 5.74) is -0.566. The van der Waals surface area contributed by atoms with Gasteiger partial charge in [-0.05, 0) is 5.41 Å². The number of aliphatic carboxylic acids is 1. The molecule has 0 aromatic carbocycles. The van der Waals surface area contributed by atoms with E-state index in [1.165, 1.54) is 12.0 Å². The summed E-state index contributed by atoms with van der Waals surface area (Å²) in [4.78, 5) is 36.6. The van der Waals surface area contributed by atoms with Crippen LogP contribution in [-0.4, -0.2) is 58.8 Å². The Labute approximate surface area is 123 Å². The Balaban J connectivity index is 3.01. The topological polar surface area (TPSA) is 104 Å². The van der Waals surface area contributed by atoms with Gasteiger partial charge in [-0.15, -0.1) is 0 Å². The highest BCUT2D eigenvalue weighted by atomic mass is 16.5. The highest BCUT2D eigenvalue weighted by molar-refractivity contribution is 5.89. The molecule has 1 heterocycles. The molecule has 1 amide bonds. The number of methoxy groups -OCH3 is 1. The van der Waals surface area contributed by atoms with E-state index in [2.05, 4.69) is 4.74 Å². The van der Waals surface area contributed by atoms with Crippen molar-refractivity contribution in [2.24, 2.45) is 11.3 Å². The summed E-state index contributed by atoms with van der Waals surface area (Å²) in [5.74, 6) is -2.87. The third-order valence-electron chi connectivity index (χ3n) is 3.76. The Morgan fingerprint density at radius 1 is 1.33 bits per heavy atom. The molecule has 1 aliphatic heterocycles. The third kappa shape index (κ3) is 4.17. The first kappa shape index (κ1) is 17.4. The van der Waals surface area contributed by atoms with Crippen molar-refractivity contribution in [1.82, 2.24) is 4.90 Å². The van der Waals surface area contributed by atoms with Crippen LogP contribution in [0.15, 0.2) is 0 Å². The van der Waals surface area contributed by atoms with Crippen LogP contribution in [0, 0.1) is 11.3 Å². The summed E-state index contributed by atoms with van der Waals surface area (Å²) in [6.07, 6.45) is -1.01. The maximum Gasteiger partial charge on any atom is 0.328 e. The third-order valence-corrected chi connectivity index (χ3v) is 3.76. The zero-order chi connectivity index (χ0) is 16.4. The first-order valence-electron chi connectivity index (χ1n) is 6.86. The number of hydrogen-bond acceptors (Lipinski definition) is 5. The van der Waals surface area contributed by atoms with Crippen LogP contribution in [-0.2, 0) is 19.1 Å². The number of carbonyl (C=O) groups excluding carboxylic acids is 2. The number of aliphatic hydroxyl groups is 1. The summed E-state index contributed by atoms with van der Waals surface area (Å²) in [6, 6.07) is -0.851. The van der Waals surface area contributed by atoms with Crippen molar-refractivity contribution in [3.05, 3.63) is 0 Å². The second-order valence-corrected chi connectivity index (χ2v) is 6.44. The normalized spacial score (nSPS) is 23.8. The van der Waals surface area contributed by atoms with Crippen LogP contribution in [0.25, 0.3) is 0 Å². The van der Waals surface area contributed by atoms with Gasteiger partial charge in [0.2, 0.25) is 5.91 Å². The van der Waals surface area contributed by atoms with Crippen molar-refractivity contribution in [3.8, 4) is 0 Å². The molecular weight excluding hydrogens is 278 g/mol. The minimum Gasteiger partial charge on any atom is -0.481 e. The average molecular weight is 301 g/mol. The summed E-state index contributed by atoms with van der Waals surface area (Å²) in [7, 11) is 1.22. The van der Waals surface area contributed by atoms with Gasteiger partial charge in [0.25, 0.3) is 0 Å². The SMILES string of the molecule is COC(=O)C1CC(O)CN1C(=O)C(CC(=O)O)C(C)(C)C. The standard InChI is InChI=1S/C14H23NO6/c1-14(2,3)9(6-11(17)18)12(19)15-7-8(16)5-10(15)13(20)21-4/h8-10,16H,5-7H2,1-4H3,(H,17,18). The van der Waals surface area contributed by atoms with Gasteiger partial charge >= 0.3 is 11.9 Å². The first-order chi connectivity index (χ1) is 9.57. The molecular formula is C14H23NO6. The molecule has 0 aromatic rings. The van der Waals surface area contributed by atoms with Gasteiger partial charge in [0.1, 0.15) is 6.04 Å². The molecule has 1 fully saturated rings. The van der Waals surface area contributed by atoms with Crippen LogP contribution in [0.1, 0.15) is 33.6 Å². The predicted octanol–water partition coefficient (Wildman–Crippen LogP) is 0.258. The Morgan fingerprint density at radius 2 is 1.90 bits per heavy atom. The lowest BCUT2D eigenvalue weighted by Crippen LogP contribution is -2.47. The zero-order valence-corrected chi connectivity index (χ0v) is 12.8. The van der Waals surface area contributed by atoms with E-state index in [-0.39, 0.29) is 19.4 Å². The van der Waals surface area contributed by atoms with Crippen molar-refractivity contribution in [2.75, 3.05) is 13.7 Å². The van der Waals surface area contributed by atoms with E-state index in [0.717, 1.165) is 0 Å². The molecule has 1 aliphatic rings. The smallest absolute Gasteiger partial charge is 0.328 e. The van der Waals surface area contributed by atoms with E-state index in [0.29, 0.717) is 0 Å². The highest BCUT2D eigenvalue weighted by Crippen LogP contribution is 2.33. The molecule has 21 heavy (non-hydrogen) atoms. The van der Waals surface area contributed by atoms with Crippen LogP contribution in [0.3, 0.4) is 0 Å². The fourth-order valence-corrected chi connectivity index (χ4v) is 2.56. The van der Waals surface area contributed by atoms with Gasteiger partial charge < -0.3 is 19.8 Å². The quantitative estimate of drug-likeness (QED) is 0.722. The first-order valence-corrected chi connectivity index (χ1v) is 6.86. The molecule has 1 rings (SSSR count). The minimum atomic E-state index is -1.07. The summed E-state index contributed by atoms with van der Waals surface area (Å²) in [6.45, 7) is 5.35.